The molecule has 0 aliphatic carbocycles. The van der Waals surface area contributed by atoms with Crippen LogP contribution >= 0.6 is 0 Å². The van der Waals surface area contributed by atoms with Crippen LogP contribution in [0.2, 0.25) is 0 Å². The van der Waals surface area contributed by atoms with Crippen molar-refractivity contribution < 1.29 is 28.2 Å². The first kappa shape index (κ1) is 24.0. The third kappa shape index (κ3) is 6.65. The van der Waals surface area contributed by atoms with Gasteiger partial charge < -0.3 is 28.8 Å². The van der Waals surface area contributed by atoms with E-state index in [-0.39, 0.29) is 11.8 Å². The van der Waals surface area contributed by atoms with Crippen molar-refractivity contribution in [2.75, 3.05) is 41.0 Å². The molecule has 3 rings (SSSR count). The van der Waals surface area contributed by atoms with Crippen molar-refractivity contribution in [2.45, 2.75) is 12.8 Å². The molecule has 1 aromatic carbocycles. The maximum atomic E-state index is 12.3. The number of nitrogens with zero attached hydrogens (tertiary/aromatic N) is 1. The molecule has 1 N–H and O–H groups in total. The van der Waals surface area contributed by atoms with Crippen LogP contribution in [0.4, 0.5) is 0 Å². The van der Waals surface area contributed by atoms with Crippen LogP contribution in [0.1, 0.15) is 24.2 Å². The van der Waals surface area contributed by atoms with Crippen molar-refractivity contribution in [3.8, 4) is 17.2 Å². The summed E-state index contributed by atoms with van der Waals surface area (Å²) >= 11 is 0. The maximum absolute atomic E-state index is 12.3. The zero-order chi connectivity index (χ0) is 23.6. The normalized spacial score (nSPS) is 14.6. The molecular weight excluding hydrogens is 424 g/mol. The first-order valence-corrected chi connectivity index (χ1v) is 10.8. The number of rotatable bonds is 9. The van der Waals surface area contributed by atoms with Gasteiger partial charge in [0.2, 0.25) is 17.6 Å². The summed E-state index contributed by atoms with van der Waals surface area (Å²) in [6, 6.07) is 7.13. The lowest BCUT2D eigenvalue weighted by Crippen LogP contribution is -2.40. The molecule has 8 heteroatoms. The molecule has 1 aliphatic heterocycles. The number of piperidine rings is 1. The number of likely N-dealkylation sites (tertiary alicyclic amines) is 1. The summed E-state index contributed by atoms with van der Waals surface area (Å²) < 4.78 is 21.2. The number of benzene rings is 1. The van der Waals surface area contributed by atoms with Gasteiger partial charge in [-0.3, -0.25) is 9.59 Å². The Hall–Kier alpha value is -3.68. The van der Waals surface area contributed by atoms with E-state index in [1.54, 1.807) is 64.0 Å². The fourth-order valence-corrected chi connectivity index (χ4v) is 3.68. The van der Waals surface area contributed by atoms with Gasteiger partial charge in [0.15, 0.2) is 11.5 Å². The highest BCUT2D eigenvalue weighted by atomic mass is 16.5. The Morgan fingerprint density at radius 2 is 1.76 bits per heavy atom. The van der Waals surface area contributed by atoms with E-state index in [4.69, 9.17) is 18.6 Å². The molecule has 1 aliphatic rings. The van der Waals surface area contributed by atoms with Crippen LogP contribution in [0.15, 0.2) is 47.1 Å². The molecule has 0 bridgehead atoms. The highest BCUT2D eigenvalue weighted by Gasteiger charge is 2.21. The van der Waals surface area contributed by atoms with Crippen LogP contribution in [-0.2, 0) is 9.59 Å². The maximum Gasteiger partial charge on any atom is 0.246 e. The predicted octanol–water partition coefficient (Wildman–Crippen LogP) is 3.39. The Balaban J connectivity index is 1.45. The summed E-state index contributed by atoms with van der Waals surface area (Å²) in [5.74, 6) is 2.34. The molecule has 2 heterocycles. The fraction of sp³-hybridized carbons (Fsp3) is 0.360. The number of furan rings is 1. The number of nitrogens with one attached hydrogen (secondary N) is 1. The van der Waals surface area contributed by atoms with E-state index in [0.29, 0.717) is 48.6 Å². The summed E-state index contributed by atoms with van der Waals surface area (Å²) in [6.45, 7) is 1.91. The molecular formula is C25H30N2O6. The molecule has 1 saturated heterocycles. The zero-order valence-electron chi connectivity index (χ0n) is 19.2. The van der Waals surface area contributed by atoms with E-state index in [0.717, 1.165) is 18.4 Å². The third-order valence-corrected chi connectivity index (χ3v) is 5.54. The Labute approximate surface area is 193 Å². The summed E-state index contributed by atoms with van der Waals surface area (Å²) in [7, 11) is 4.64. The highest BCUT2D eigenvalue weighted by molar-refractivity contribution is 5.92. The van der Waals surface area contributed by atoms with Gasteiger partial charge in [-0.15, -0.1) is 0 Å². The Kier molecular flexibility index (Phi) is 8.57. The van der Waals surface area contributed by atoms with Crippen LogP contribution in [-0.4, -0.2) is 57.7 Å². The van der Waals surface area contributed by atoms with E-state index in [1.807, 2.05) is 4.90 Å². The van der Waals surface area contributed by atoms with E-state index in [1.165, 1.54) is 12.2 Å². The zero-order valence-corrected chi connectivity index (χ0v) is 19.2. The number of methoxy groups -OCH3 is 3. The van der Waals surface area contributed by atoms with Gasteiger partial charge in [-0.05, 0) is 60.7 Å². The van der Waals surface area contributed by atoms with Crippen molar-refractivity contribution >= 4 is 24.0 Å². The molecule has 8 nitrogen and oxygen atoms in total. The van der Waals surface area contributed by atoms with Gasteiger partial charge in [0.05, 0.1) is 27.6 Å². The second kappa shape index (κ2) is 11.8. The predicted molar refractivity (Wildman–Crippen MR) is 125 cm³/mol. The molecule has 33 heavy (non-hydrogen) atoms. The van der Waals surface area contributed by atoms with Gasteiger partial charge in [0, 0.05) is 31.8 Å². The minimum absolute atomic E-state index is 0.0258. The van der Waals surface area contributed by atoms with Crippen molar-refractivity contribution in [3.05, 3.63) is 54.0 Å². The van der Waals surface area contributed by atoms with Crippen LogP contribution in [0.25, 0.3) is 12.2 Å². The standard InChI is InChI=1S/C25H30N2O6/c1-30-21-15-19(16-22(31-2)25(21)32-3)6-8-23(28)26-17-18-10-12-27(13-11-18)24(29)9-7-20-5-4-14-33-20/h4-9,14-16,18H,10-13,17H2,1-3H3,(H,26,28)/b8-6+,9-7+. The highest BCUT2D eigenvalue weighted by Crippen LogP contribution is 2.38. The van der Waals surface area contributed by atoms with Crippen molar-refractivity contribution in [1.82, 2.24) is 10.2 Å². The largest absolute Gasteiger partial charge is 0.493 e. The van der Waals surface area contributed by atoms with Crippen molar-refractivity contribution in [1.29, 1.82) is 0 Å². The number of ether oxygens (including phenoxy) is 3. The molecule has 0 spiro atoms. The molecule has 176 valence electrons. The number of hydrogen-bond acceptors (Lipinski definition) is 6. The van der Waals surface area contributed by atoms with E-state index in [2.05, 4.69) is 5.32 Å². The lowest BCUT2D eigenvalue weighted by molar-refractivity contribution is -0.127. The lowest BCUT2D eigenvalue weighted by atomic mass is 9.96. The number of amides is 2. The molecule has 0 radical (unpaired) electrons. The Bertz CT molecular complexity index is 963. The van der Waals surface area contributed by atoms with Crippen LogP contribution in [0, 0.1) is 5.92 Å². The van der Waals surface area contributed by atoms with Gasteiger partial charge in [0.25, 0.3) is 0 Å². The first-order valence-electron chi connectivity index (χ1n) is 10.8. The summed E-state index contributed by atoms with van der Waals surface area (Å²) in [6.07, 6.45) is 9.66. The summed E-state index contributed by atoms with van der Waals surface area (Å²) in [4.78, 5) is 26.4. The van der Waals surface area contributed by atoms with Crippen LogP contribution < -0.4 is 19.5 Å². The third-order valence-electron chi connectivity index (χ3n) is 5.54. The van der Waals surface area contributed by atoms with E-state index < -0.39 is 0 Å². The average Bonchev–Trinajstić information content (AvgIpc) is 3.38. The monoisotopic (exact) mass is 454 g/mol. The summed E-state index contributed by atoms with van der Waals surface area (Å²) in [5, 5.41) is 2.95. The molecule has 0 saturated carbocycles. The lowest BCUT2D eigenvalue weighted by Gasteiger charge is -2.31. The molecule has 2 aromatic rings. The van der Waals surface area contributed by atoms with Crippen molar-refractivity contribution in [3.63, 3.8) is 0 Å². The Morgan fingerprint density at radius 1 is 1.06 bits per heavy atom. The molecule has 0 unspecified atom stereocenters. The minimum Gasteiger partial charge on any atom is -0.493 e. The Morgan fingerprint density at radius 3 is 2.33 bits per heavy atom. The second-order valence-electron chi connectivity index (χ2n) is 7.65. The quantitative estimate of drug-likeness (QED) is 0.584. The molecule has 2 amide bonds. The molecule has 1 aromatic heterocycles. The van der Waals surface area contributed by atoms with Crippen molar-refractivity contribution in [2.24, 2.45) is 5.92 Å². The molecule has 0 atom stereocenters. The van der Waals surface area contributed by atoms with Gasteiger partial charge in [-0.1, -0.05) is 0 Å². The molecule has 1 fully saturated rings. The summed E-state index contributed by atoms with van der Waals surface area (Å²) in [5.41, 5.74) is 0.758. The minimum atomic E-state index is -0.177. The first-order chi connectivity index (χ1) is 16.0. The number of hydrogen-bond donors (Lipinski definition) is 1. The SMILES string of the molecule is COc1cc(/C=C/C(=O)NCC2CCN(C(=O)/C=C/c3ccco3)CC2)cc(OC)c1OC. The second-order valence-corrected chi connectivity index (χ2v) is 7.65. The van der Waals surface area contributed by atoms with Gasteiger partial charge >= 0.3 is 0 Å². The van der Waals surface area contributed by atoms with Crippen LogP contribution in [0.3, 0.4) is 0 Å². The van der Waals surface area contributed by atoms with Gasteiger partial charge in [-0.2, -0.15) is 0 Å². The van der Waals surface area contributed by atoms with E-state index >= 15 is 0 Å². The topological polar surface area (TPSA) is 90.2 Å². The number of carbonyl (C=O) groups is 2. The fourth-order valence-electron chi connectivity index (χ4n) is 3.68. The smallest absolute Gasteiger partial charge is 0.246 e. The number of carbonyl (C=O) groups excluding carboxylic acids is 2. The van der Waals surface area contributed by atoms with Gasteiger partial charge in [-0.25, -0.2) is 0 Å². The van der Waals surface area contributed by atoms with Gasteiger partial charge in [0.1, 0.15) is 5.76 Å². The van der Waals surface area contributed by atoms with Crippen LogP contribution in [0.5, 0.6) is 17.2 Å². The van der Waals surface area contributed by atoms with E-state index in [9.17, 15) is 9.59 Å². The average molecular weight is 455 g/mol.